The number of benzene rings is 1. The number of nitrogens with zero attached hydrogens (tertiary/aromatic N) is 2. The van der Waals surface area contributed by atoms with Crippen molar-refractivity contribution in [2.75, 3.05) is 0 Å². The second-order valence-electron chi connectivity index (χ2n) is 2.81. The molecule has 2 rings (SSSR count). The Morgan fingerprint density at radius 2 is 1.73 bits per heavy atom. The molecule has 2 aromatic rings. The lowest BCUT2D eigenvalue weighted by Gasteiger charge is -2.02. The van der Waals surface area contributed by atoms with Gasteiger partial charge in [-0.3, -0.25) is 0 Å². The van der Waals surface area contributed by atoms with Crippen LogP contribution < -0.4 is 0 Å². The Kier molecular flexibility index (Phi) is 2.18. The summed E-state index contributed by atoms with van der Waals surface area (Å²) in [4.78, 5) is 0. The summed E-state index contributed by atoms with van der Waals surface area (Å²) in [6.07, 6.45) is -4.57. The second kappa shape index (κ2) is 3.38. The molecule has 6 heteroatoms. The summed E-state index contributed by atoms with van der Waals surface area (Å²) in [5.41, 5.74) is 0.0363. The fourth-order valence-electron chi connectivity index (χ4n) is 1.16. The van der Waals surface area contributed by atoms with E-state index in [0.717, 1.165) is 0 Å². The first-order valence-electron chi connectivity index (χ1n) is 4.04. The first-order valence-corrected chi connectivity index (χ1v) is 4.04. The normalized spacial score (nSPS) is 11.7. The van der Waals surface area contributed by atoms with Gasteiger partial charge in [0.1, 0.15) is 5.69 Å². The van der Waals surface area contributed by atoms with Gasteiger partial charge in [-0.25, -0.2) is 0 Å². The van der Waals surface area contributed by atoms with Crippen molar-refractivity contribution in [3.8, 4) is 11.3 Å². The second-order valence-corrected chi connectivity index (χ2v) is 2.81. The predicted octanol–water partition coefficient (Wildman–Crippen LogP) is 2.76. The molecule has 0 aliphatic heterocycles. The predicted molar refractivity (Wildman–Crippen MR) is 44.7 cm³/mol. The molecule has 0 saturated heterocycles. The number of hydrogen-bond acceptors (Lipinski definition) is 3. The lowest BCUT2D eigenvalue weighted by molar-refractivity contribution is -0.155. The minimum Gasteiger partial charge on any atom is -0.332 e. The molecule has 3 nitrogen and oxygen atoms in total. The van der Waals surface area contributed by atoms with Crippen molar-refractivity contribution in [3.05, 3.63) is 36.1 Å². The maximum Gasteiger partial charge on any atom is 0.454 e. The summed E-state index contributed by atoms with van der Waals surface area (Å²) in [7, 11) is 0. The third-order valence-electron chi connectivity index (χ3n) is 1.79. The average molecular weight is 214 g/mol. The molecule has 1 heterocycles. The molecule has 15 heavy (non-hydrogen) atoms. The van der Waals surface area contributed by atoms with Crippen molar-refractivity contribution in [2.45, 2.75) is 6.18 Å². The van der Waals surface area contributed by atoms with Crippen LogP contribution in [0.5, 0.6) is 0 Å². The van der Waals surface area contributed by atoms with Gasteiger partial charge in [-0.05, 0) is 0 Å². The fourth-order valence-corrected chi connectivity index (χ4v) is 1.16. The van der Waals surface area contributed by atoms with Gasteiger partial charge in [0, 0.05) is 10.8 Å². The van der Waals surface area contributed by atoms with Crippen LogP contribution in [0.1, 0.15) is 5.76 Å². The van der Waals surface area contributed by atoms with Crippen LogP contribution in [-0.4, -0.2) is 10.4 Å². The SMILES string of the molecule is FC(F)(F)c1onnc1-c1ccccc1. The van der Waals surface area contributed by atoms with E-state index in [0.29, 0.717) is 5.56 Å². The smallest absolute Gasteiger partial charge is 0.332 e. The zero-order valence-electron chi connectivity index (χ0n) is 7.32. The molecular weight excluding hydrogens is 209 g/mol. The molecule has 1 aromatic heterocycles. The van der Waals surface area contributed by atoms with E-state index in [4.69, 9.17) is 0 Å². The summed E-state index contributed by atoms with van der Waals surface area (Å²) in [6.45, 7) is 0. The highest BCUT2D eigenvalue weighted by Crippen LogP contribution is 2.35. The largest absolute Gasteiger partial charge is 0.454 e. The molecule has 0 amide bonds. The summed E-state index contributed by atoms with van der Waals surface area (Å²) >= 11 is 0. The van der Waals surface area contributed by atoms with Gasteiger partial charge in [-0.2, -0.15) is 13.2 Å². The Morgan fingerprint density at radius 3 is 2.33 bits per heavy atom. The van der Waals surface area contributed by atoms with E-state index in [1.807, 2.05) is 0 Å². The van der Waals surface area contributed by atoms with Gasteiger partial charge >= 0.3 is 6.18 Å². The average Bonchev–Trinajstić information content (AvgIpc) is 2.67. The van der Waals surface area contributed by atoms with E-state index in [2.05, 4.69) is 14.9 Å². The molecule has 0 N–H and O–H groups in total. The van der Waals surface area contributed by atoms with Crippen molar-refractivity contribution in [2.24, 2.45) is 0 Å². The fraction of sp³-hybridized carbons (Fsp3) is 0.111. The molecule has 78 valence electrons. The van der Waals surface area contributed by atoms with E-state index in [1.165, 1.54) is 12.1 Å². The topological polar surface area (TPSA) is 38.9 Å². The summed E-state index contributed by atoms with van der Waals surface area (Å²) in [5.74, 6) is -1.17. The van der Waals surface area contributed by atoms with Crippen LogP contribution in [-0.2, 0) is 6.18 Å². The van der Waals surface area contributed by atoms with Crippen LogP contribution in [0, 0.1) is 0 Å². The van der Waals surface area contributed by atoms with Gasteiger partial charge in [0.25, 0.3) is 5.76 Å². The molecule has 0 fully saturated rings. The Balaban J connectivity index is 2.51. The lowest BCUT2D eigenvalue weighted by atomic mass is 10.1. The lowest BCUT2D eigenvalue weighted by Crippen LogP contribution is -2.05. The van der Waals surface area contributed by atoms with E-state index in [1.54, 1.807) is 18.2 Å². The summed E-state index contributed by atoms with van der Waals surface area (Å²) in [5, 5.41) is 6.24. The summed E-state index contributed by atoms with van der Waals surface area (Å²) < 4.78 is 41.3. The van der Waals surface area contributed by atoms with Crippen molar-refractivity contribution in [1.29, 1.82) is 0 Å². The molecule has 0 aliphatic rings. The Bertz CT molecular complexity index is 450. The van der Waals surface area contributed by atoms with Gasteiger partial charge in [-0.1, -0.05) is 30.3 Å². The highest BCUT2D eigenvalue weighted by molar-refractivity contribution is 5.60. The first-order chi connectivity index (χ1) is 7.09. The molecule has 0 bridgehead atoms. The molecular formula is C9H5F3N2O. The molecule has 0 unspecified atom stereocenters. The van der Waals surface area contributed by atoms with Crippen LogP contribution in [0.3, 0.4) is 0 Å². The van der Waals surface area contributed by atoms with Gasteiger partial charge < -0.3 is 4.52 Å². The van der Waals surface area contributed by atoms with Crippen LogP contribution >= 0.6 is 0 Å². The molecule has 1 aromatic carbocycles. The third-order valence-corrected chi connectivity index (χ3v) is 1.79. The molecule has 0 saturated carbocycles. The minimum absolute atomic E-state index is 0.289. The van der Waals surface area contributed by atoms with Crippen molar-refractivity contribution in [1.82, 2.24) is 10.4 Å². The number of halogens is 3. The number of aromatic nitrogens is 2. The zero-order valence-corrected chi connectivity index (χ0v) is 7.32. The highest BCUT2D eigenvalue weighted by atomic mass is 19.4. The number of rotatable bonds is 1. The zero-order chi connectivity index (χ0) is 10.9. The van der Waals surface area contributed by atoms with Crippen LogP contribution in [0.2, 0.25) is 0 Å². The summed E-state index contributed by atoms with van der Waals surface area (Å²) in [6, 6.07) is 7.95. The molecule has 0 radical (unpaired) electrons. The Labute approximate surface area is 82.5 Å². The number of hydrogen-bond donors (Lipinski definition) is 0. The van der Waals surface area contributed by atoms with Gasteiger partial charge in [-0.15, -0.1) is 5.10 Å². The van der Waals surface area contributed by atoms with E-state index in [9.17, 15) is 13.2 Å². The molecule has 0 aliphatic carbocycles. The molecule has 0 atom stereocenters. The highest BCUT2D eigenvalue weighted by Gasteiger charge is 2.40. The first kappa shape index (κ1) is 9.70. The van der Waals surface area contributed by atoms with Crippen molar-refractivity contribution < 1.29 is 17.7 Å². The maximum absolute atomic E-state index is 12.4. The van der Waals surface area contributed by atoms with Gasteiger partial charge in [0.2, 0.25) is 0 Å². The van der Waals surface area contributed by atoms with Crippen LogP contribution in [0.4, 0.5) is 13.2 Å². The van der Waals surface area contributed by atoms with E-state index < -0.39 is 11.9 Å². The minimum atomic E-state index is -4.57. The third kappa shape index (κ3) is 1.83. The van der Waals surface area contributed by atoms with Crippen molar-refractivity contribution in [3.63, 3.8) is 0 Å². The van der Waals surface area contributed by atoms with Crippen LogP contribution in [0.15, 0.2) is 34.9 Å². The molecule has 0 spiro atoms. The van der Waals surface area contributed by atoms with Gasteiger partial charge in [0.15, 0.2) is 0 Å². The van der Waals surface area contributed by atoms with Crippen LogP contribution in [0.25, 0.3) is 11.3 Å². The van der Waals surface area contributed by atoms with Gasteiger partial charge in [0.05, 0.1) is 0 Å². The maximum atomic E-state index is 12.4. The Hall–Kier alpha value is -1.85. The van der Waals surface area contributed by atoms with E-state index >= 15 is 0 Å². The monoisotopic (exact) mass is 214 g/mol. The quantitative estimate of drug-likeness (QED) is 0.732. The van der Waals surface area contributed by atoms with Crippen molar-refractivity contribution >= 4 is 0 Å². The standard InChI is InChI=1S/C9H5F3N2O/c10-9(11,12)8-7(13-14-15-8)6-4-2-1-3-5-6/h1-5H. The number of alkyl halides is 3. The Morgan fingerprint density at radius 1 is 1.07 bits per heavy atom. The van der Waals surface area contributed by atoms with E-state index in [-0.39, 0.29) is 5.69 Å².